The molecule has 1 N–H and O–H groups in total. The van der Waals surface area contributed by atoms with E-state index in [1.807, 2.05) is 31.3 Å². The first kappa shape index (κ1) is 14.3. The number of anilines is 1. The van der Waals surface area contributed by atoms with Crippen LogP contribution in [-0.2, 0) is 0 Å². The number of hydrogen-bond acceptors (Lipinski definition) is 3. The highest BCUT2D eigenvalue weighted by Gasteiger charge is 2.18. The van der Waals surface area contributed by atoms with Gasteiger partial charge in [-0.15, -0.1) is 0 Å². The van der Waals surface area contributed by atoms with Crippen LogP contribution in [-0.4, -0.2) is 29.1 Å². The van der Waals surface area contributed by atoms with E-state index in [0.717, 1.165) is 29.4 Å². The Labute approximate surface area is 119 Å². The van der Waals surface area contributed by atoms with Crippen molar-refractivity contribution in [2.24, 2.45) is 0 Å². The van der Waals surface area contributed by atoms with Crippen molar-refractivity contribution >= 4 is 22.6 Å². The average molecular weight is 272 g/mol. The summed E-state index contributed by atoms with van der Waals surface area (Å²) in [5.74, 6) is -0.246. The molecule has 20 heavy (non-hydrogen) atoms. The number of rotatable bonds is 5. The number of pyridine rings is 1. The molecule has 1 aromatic carbocycles. The van der Waals surface area contributed by atoms with Gasteiger partial charge < -0.3 is 10.0 Å². The molecule has 1 aromatic heterocycles. The second-order valence-corrected chi connectivity index (χ2v) is 4.94. The van der Waals surface area contributed by atoms with Gasteiger partial charge in [0.1, 0.15) is 5.82 Å². The van der Waals surface area contributed by atoms with Crippen LogP contribution in [0.2, 0.25) is 0 Å². The smallest absolute Gasteiger partial charge is 0.354 e. The van der Waals surface area contributed by atoms with Crippen LogP contribution in [0.5, 0.6) is 0 Å². The van der Waals surface area contributed by atoms with Gasteiger partial charge in [-0.3, -0.25) is 0 Å². The standard InChI is InChI=1S/C16H20N2O2/c1-4-12(5-2)18(3)15-13-9-7-6-8-11(13)10-14(17-15)16(19)20/h6-10,12H,4-5H2,1-3H3,(H,19,20). The molecule has 4 heteroatoms. The Morgan fingerprint density at radius 2 is 1.95 bits per heavy atom. The third kappa shape index (κ3) is 2.59. The quantitative estimate of drug-likeness (QED) is 0.904. The largest absolute Gasteiger partial charge is 0.477 e. The molecule has 0 saturated carbocycles. The number of aromatic nitrogens is 1. The molecular weight excluding hydrogens is 252 g/mol. The first-order chi connectivity index (χ1) is 9.58. The van der Waals surface area contributed by atoms with Gasteiger partial charge in [-0.05, 0) is 24.3 Å². The first-order valence-electron chi connectivity index (χ1n) is 6.94. The normalized spacial score (nSPS) is 11.0. The van der Waals surface area contributed by atoms with Crippen LogP contribution in [0.25, 0.3) is 10.8 Å². The number of carboxylic acids is 1. The summed E-state index contributed by atoms with van der Waals surface area (Å²) in [7, 11) is 1.98. The van der Waals surface area contributed by atoms with Gasteiger partial charge in [0.2, 0.25) is 0 Å². The molecule has 0 aliphatic carbocycles. The molecule has 0 spiro atoms. The summed E-state index contributed by atoms with van der Waals surface area (Å²) < 4.78 is 0. The fraction of sp³-hybridized carbons (Fsp3) is 0.375. The van der Waals surface area contributed by atoms with Gasteiger partial charge in [0.15, 0.2) is 5.69 Å². The molecular formula is C16H20N2O2. The maximum Gasteiger partial charge on any atom is 0.354 e. The van der Waals surface area contributed by atoms with Gasteiger partial charge in [-0.2, -0.15) is 0 Å². The van der Waals surface area contributed by atoms with Crippen LogP contribution in [0.15, 0.2) is 30.3 Å². The Balaban J connectivity index is 2.63. The topological polar surface area (TPSA) is 53.4 Å². The van der Waals surface area contributed by atoms with E-state index in [0.29, 0.717) is 6.04 Å². The molecule has 1 heterocycles. The van der Waals surface area contributed by atoms with E-state index in [4.69, 9.17) is 0 Å². The van der Waals surface area contributed by atoms with Crippen LogP contribution in [0.4, 0.5) is 5.82 Å². The molecule has 0 amide bonds. The lowest BCUT2D eigenvalue weighted by Gasteiger charge is -2.28. The van der Waals surface area contributed by atoms with E-state index >= 15 is 0 Å². The van der Waals surface area contributed by atoms with E-state index in [1.54, 1.807) is 6.07 Å². The highest BCUT2D eigenvalue weighted by atomic mass is 16.4. The van der Waals surface area contributed by atoms with E-state index < -0.39 is 5.97 Å². The minimum atomic E-state index is -0.991. The van der Waals surface area contributed by atoms with Crippen molar-refractivity contribution in [1.29, 1.82) is 0 Å². The molecule has 2 aromatic rings. The van der Waals surface area contributed by atoms with E-state index in [9.17, 15) is 9.90 Å². The first-order valence-corrected chi connectivity index (χ1v) is 6.94. The lowest BCUT2D eigenvalue weighted by molar-refractivity contribution is 0.0691. The Morgan fingerprint density at radius 3 is 2.55 bits per heavy atom. The van der Waals surface area contributed by atoms with Crippen LogP contribution >= 0.6 is 0 Å². The third-order valence-electron chi connectivity index (χ3n) is 3.76. The third-order valence-corrected chi connectivity index (χ3v) is 3.76. The Morgan fingerprint density at radius 1 is 1.30 bits per heavy atom. The summed E-state index contributed by atoms with van der Waals surface area (Å²) in [5.41, 5.74) is 0.0940. The maximum atomic E-state index is 11.2. The predicted octanol–water partition coefficient (Wildman–Crippen LogP) is 3.56. The summed E-state index contributed by atoms with van der Waals surface area (Å²) >= 11 is 0. The molecule has 2 rings (SSSR count). The molecule has 0 fully saturated rings. The van der Waals surface area contributed by atoms with Gasteiger partial charge in [0.05, 0.1) is 0 Å². The number of hydrogen-bond donors (Lipinski definition) is 1. The Hall–Kier alpha value is -2.10. The van der Waals surface area contributed by atoms with Crippen LogP contribution in [0.3, 0.4) is 0 Å². The minimum Gasteiger partial charge on any atom is -0.477 e. The summed E-state index contributed by atoms with van der Waals surface area (Å²) in [6, 6.07) is 9.76. The molecule has 0 aliphatic heterocycles. The number of carbonyl (C=O) groups is 1. The zero-order valence-corrected chi connectivity index (χ0v) is 12.1. The van der Waals surface area contributed by atoms with Gasteiger partial charge >= 0.3 is 5.97 Å². The highest BCUT2D eigenvalue weighted by molar-refractivity contribution is 5.98. The monoisotopic (exact) mass is 272 g/mol. The van der Waals surface area contributed by atoms with Crippen LogP contribution in [0.1, 0.15) is 37.2 Å². The van der Waals surface area contributed by atoms with Crippen molar-refractivity contribution < 1.29 is 9.90 Å². The second kappa shape index (κ2) is 5.90. The van der Waals surface area contributed by atoms with E-state index in [1.165, 1.54) is 0 Å². The predicted molar refractivity (Wildman–Crippen MR) is 81.5 cm³/mol. The van der Waals surface area contributed by atoms with Crippen molar-refractivity contribution in [3.05, 3.63) is 36.0 Å². The zero-order valence-electron chi connectivity index (χ0n) is 12.1. The molecule has 0 saturated heterocycles. The molecule has 106 valence electrons. The number of fused-ring (bicyclic) bond motifs is 1. The summed E-state index contributed by atoms with van der Waals surface area (Å²) in [6.45, 7) is 4.27. The van der Waals surface area contributed by atoms with E-state index in [2.05, 4.69) is 23.7 Å². The lowest BCUT2D eigenvalue weighted by Crippen LogP contribution is -2.31. The fourth-order valence-electron chi connectivity index (χ4n) is 2.57. The number of benzene rings is 1. The number of carboxylic acid groups (broad SMARTS) is 1. The van der Waals surface area contributed by atoms with Crippen molar-refractivity contribution in [2.75, 3.05) is 11.9 Å². The molecule has 4 nitrogen and oxygen atoms in total. The zero-order chi connectivity index (χ0) is 14.7. The lowest BCUT2D eigenvalue weighted by atomic mass is 10.1. The van der Waals surface area contributed by atoms with Crippen molar-refractivity contribution in [3.63, 3.8) is 0 Å². The van der Waals surface area contributed by atoms with Crippen molar-refractivity contribution in [3.8, 4) is 0 Å². The summed E-state index contributed by atoms with van der Waals surface area (Å²) in [6.07, 6.45) is 2.00. The second-order valence-electron chi connectivity index (χ2n) is 4.94. The van der Waals surface area contributed by atoms with Gasteiger partial charge in [-0.1, -0.05) is 38.1 Å². The number of aromatic carboxylic acids is 1. The van der Waals surface area contributed by atoms with Gasteiger partial charge in [-0.25, -0.2) is 9.78 Å². The number of nitrogens with zero attached hydrogens (tertiary/aromatic N) is 2. The molecule has 0 radical (unpaired) electrons. The summed E-state index contributed by atoms with van der Waals surface area (Å²) in [5, 5.41) is 11.1. The molecule has 0 bridgehead atoms. The Bertz CT molecular complexity index is 621. The van der Waals surface area contributed by atoms with Crippen molar-refractivity contribution in [1.82, 2.24) is 4.98 Å². The molecule has 0 atom stereocenters. The fourth-order valence-corrected chi connectivity index (χ4v) is 2.57. The van der Waals surface area contributed by atoms with Gasteiger partial charge in [0, 0.05) is 18.5 Å². The van der Waals surface area contributed by atoms with Crippen LogP contribution < -0.4 is 4.90 Å². The van der Waals surface area contributed by atoms with Crippen LogP contribution in [0, 0.1) is 0 Å². The molecule has 0 unspecified atom stereocenters. The SMILES string of the molecule is CCC(CC)N(C)c1nc(C(=O)O)cc2ccccc12. The van der Waals surface area contributed by atoms with Gasteiger partial charge in [0.25, 0.3) is 0 Å². The minimum absolute atomic E-state index is 0.0940. The average Bonchev–Trinajstić information content (AvgIpc) is 2.47. The molecule has 0 aliphatic rings. The highest BCUT2D eigenvalue weighted by Crippen LogP contribution is 2.27. The Kier molecular flexibility index (Phi) is 4.23. The van der Waals surface area contributed by atoms with E-state index in [-0.39, 0.29) is 5.69 Å². The maximum absolute atomic E-state index is 11.2. The summed E-state index contributed by atoms with van der Waals surface area (Å²) in [4.78, 5) is 17.7. The van der Waals surface area contributed by atoms with Crippen molar-refractivity contribution in [2.45, 2.75) is 32.7 Å².